The van der Waals surface area contributed by atoms with Gasteiger partial charge in [-0.3, -0.25) is 4.68 Å². The minimum atomic E-state index is -0.925. The van der Waals surface area contributed by atoms with Crippen molar-refractivity contribution < 1.29 is 5.11 Å². The van der Waals surface area contributed by atoms with Crippen LogP contribution in [0.25, 0.3) is 0 Å². The molecule has 0 saturated heterocycles. The van der Waals surface area contributed by atoms with Gasteiger partial charge in [0, 0.05) is 6.04 Å². The summed E-state index contributed by atoms with van der Waals surface area (Å²) in [4.78, 5) is 0. The summed E-state index contributed by atoms with van der Waals surface area (Å²) < 4.78 is 1.80. The Hall–Kier alpha value is -0.540. The van der Waals surface area contributed by atoms with Gasteiger partial charge < -0.3 is 5.11 Å². The molecule has 0 radical (unpaired) electrons. The van der Waals surface area contributed by atoms with E-state index < -0.39 is 5.60 Å². The molecule has 0 bridgehead atoms. The van der Waals surface area contributed by atoms with Gasteiger partial charge in [-0.2, -0.15) is 5.10 Å². The number of rotatable bonds is 4. The van der Waals surface area contributed by atoms with Crippen LogP contribution in [0.1, 0.15) is 52.8 Å². The summed E-state index contributed by atoms with van der Waals surface area (Å²) >= 11 is 6.11. The molecule has 0 aliphatic heterocycles. The molecule has 1 heterocycles. The Morgan fingerprint density at radius 1 is 1.44 bits per heavy atom. The van der Waals surface area contributed by atoms with Gasteiger partial charge in [0.25, 0.3) is 0 Å². The van der Waals surface area contributed by atoms with Gasteiger partial charge in [-0.25, -0.2) is 0 Å². The summed E-state index contributed by atoms with van der Waals surface area (Å²) in [5, 5.41) is 15.3. The fourth-order valence-corrected chi connectivity index (χ4v) is 2.46. The zero-order valence-electron chi connectivity index (χ0n) is 10.7. The van der Waals surface area contributed by atoms with Crippen molar-refractivity contribution in [1.29, 1.82) is 0 Å². The van der Waals surface area contributed by atoms with Crippen molar-refractivity contribution in [1.82, 2.24) is 9.78 Å². The Labute approximate surface area is 102 Å². The van der Waals surface area contributed by atoms with Crippen molar-refractivity contribution in [3.63, 3.8) is 0 Å². The van der Waals surface area contributed by atoms with Gasteiger partial charge in [0.15, 0.2) is 0 Å². The van der Waals surface area contributed by atoms with Crippen molar-refractivity contribution in [2.24, 2.45) is 5.92 Å². The quantitative estimate of drug-likeness (QED) is 0.882. The first-order valence-electron chi connectivity index (χ1n) is 5.71. The molecular formula is C12H21ClN2O. The van der Waals surface area contributed by atoms with Crippen molar-refractivity contribution in [2.45, 2.75) is 52.7 Å². The second-order valence-corrected chi connectivity index (χ2v) is 5.66. The molecule has 0 fully saturated rings. The predicted molar refractivity (Wildman–Crippen MR) is 66.6 cm³/mol. The van der Waals surface area contributed by atoms with E-state index in [4.69, 9.17) is 11.6 Å². The molecule has 1 N–H and O–H groups in total. The van der Waals surface area contributed by atoms with Crippen LogP contribution >= 0.6 is 11.6 Å². The standard InChI is InChI=1S/C12H21ClN2O/c1-8(2)6-12(5,16)11-10(13)7-14-15(11)9(3)4/h7-9,16H,6H2,1-5H3. The number of halogens is 1. The molecular weight excluding hydrogens is 224 g/mol. The Balaban J connectivity index is 3.15. The van der Waals surface area contributed by atoms with Gasteiger partial charge in [0.05, 0.1) is 16.9 Å². The second-order valence-electron chi connectivity index (χ2n) is 5.25. The zero-order valence-corrected chi connectivity index (χ0v) is 11.4. The molecule has 1 unspecified atom stereocenters. The first-order valence-corrected chi connectivity index (χ1v) is 6.09. The van der Waals surface area contributed by atoms with E-state index in [0.717, 1.165) is 5.69 Å². The third-order valence-corrected chi connectivity index (χ3v) is 2.83. The lowest BCUT2D eigenvalue weighted by Crippen LogP contribution is -2.28. The summed E-state index contributed by atoms with van der Waals surface area (Å²) in [6.07, 6.45) is 2.27. The Bertz CT molecular complexity index is 356. The lowest BCUT2D eigenvalue weighted by Gasteiger charge is -2.28. The SMILES string of the molecule is CC(C)CC(C)(O)c1c(Cl)cnn1C(C)C. The van der Waals surface area contributed by atoms with Crippen LogP contribution in [-0.2, 0) is 5.60 Å². The van der Waals surface area contributed by atoms with Crippen LogP contribution in [0.3, 0.4) is 0 Å². The number of hydrogen-bond donors (Lipinski definition) is 1. The largest absolute Gasteiger partial charge is 0.384 e. The molecule has 0 aliphatic rings. The summed E-state index contributed by atoms with van der Waals surface area (Å²) in [7, 11) is 0. The lowest BCUT2D eigenvalue weighted by atomic mass is 9.91. The third-order valence-electron chi connectivity index (χ3n) is 2.56. The summed E-state index contributed by atoms with van der Waals surface area (Å²) in [6.45, 7) is 10.0. The van der Waals surface area contributed by atoms with E-state index in [-0.39, 0.29) is 6.04 Å². The zero-order chi connectivity index (χ0) is 12.5. The molecule has 0 spiro atoms. The highest BCUT2D eigenvalue weighted by Gasteiger charge is 2.31. The van der Waals surface area contributed by atoms with E-state index in [1.54, 1.807) is 17.8 Å². The molecule has 1 aromatic rings. The molecule has 0 amide bonds. The number of nitrogens with zero attached hydrogens (tertiary/aromatic N) is 2. The van der Waals surface area contributed by atoms with Crippen molar-refractivity contribution in [2.75, 3.05) is 0 Å². The Morgan fingerprint density at radius 3 is 2.44 bits per heavy atom. The smallest absolute Gasteiger partial charge is 0.105 e. The molecule has 16 heavy (non-hydrogen) atoms. The lowest BCUT2D eigenvalue weighted by molar-refractivity contribution is 0.0249. The van der Waals surface area contributed by atoms with E-state index in [1.807, 2.05) is 13.8 Å². The van der Waals surface area contributed by atoms with E-state index >= 15 is 0 Å². The Morgan fingerprint density at radius 2 is 2.00 bits per heavy atom. The van der Waals surface area contributed by atoms with Crippen LogP contribution in [0.5, 0.6) is 0 Å². The molecule has 1 atom stereocenters. The molecule has 4 heteroatoms. The summed E-state index contributed by atoms with van der Waals surface area (Å²) in [6, 6.07) is 0.195. The maximum Gasteiger partial charge on any atom is 0.105 e. The van der Waals surface area contributed by atoms with Gasteiger partial charge in [-0.15, -0.1) is 0 Å². The van der Waals surface area contributed by atoms with Crippen LogP contribution in [0.2, 0.25) is 5.02 Å². The summed E-state index contributed by atoms with van der Waals surface area (Å²) in [5.41, 5.74) is -0.204. The van der Waals surface area contributed by atoms with Crippen molar-refractivity contribution >= 4 is 11.6 Å². The van der Waals surface area contributed by atoms with Crippen molar-refractivity contribution in [3.05, 3.63) is 16.9 Å². The second kappa shape index (κ2) is 4.76. The molecule has 3 nitrogen and oxygen atoms in total. The number of aromatic nitrogens is 2. The van der Waals surface area contributed by atoms with E-state index in [9.17, 15) is 5.11 Å². The fourth-order valence-electron chi connectivity index (χ4n) is 2.13. The molecule has 1 aromatic heterocycles. The average molecular weight is 245 g/mol. The van der Waals surface area contributed by atoms with Gasteiger partial charge in [-0.05, 0) is 33.1 Å². The summed E-state index contributed by atoms with van der Waals surface area (Å²) in [5.74, 6) is 0.404. The van der Waals surface area contributed by atoms with Crippen molar-refractivity contribution in [3.8, 4) is 0 Å². The molecule has 0 aromatic carbocycles. The first-order chi connectivity index (χ1) is 7.25. The minimum absolute atomic E-state index is 0.195. The van der Waals surface area contributed by atoms with Crippen LogP contribution in [0.15, 0.2) is 6.20 Å². The maximum absolute atomic E-state index is 10.5. The van der Waals surface area contributed by atoms with Gasteiger partial charge >= 0.3 is 0 Å². The minimum Gasteiger partial charge on any atom is -0.384 e. The van der Waals surface area contributed by atoms with Crippen LogP contribution in [-0.4, -0.2) is 14.9 Å². The maximum atomic E-state index is 10.5. The predicted octanol–water partition coefficient (Wildman–Crippen LogP) is 3.37. The molecule has 92 valence electrons. The normalized spacial score (nSPS) is 15.8. The van der Waals surface area contributed by atoms with Gasteiger partial charge in [0.1, 0.15) is 5.60 Å². The molecule has 0 saturated carbocycles. The first kappa shape index (κ1) is 13.5. The third kappa shape index (κ3) is 2.77. The Kier molecular flexibility index (Phi) is 4.02. The van der Waals surface area contributed by atoms with Gasteiger partial charge in [-0.1, -0.05) is 25.4 Å². The highest BCUT2D eigenvalue weighted by molar-refractivity contribution is 6.31. The van der Waals surface area contributed by atoms with E-state index in [0.29, 0.717) is 17.4 Å². The fraction of sp³-hybridized carbons (Fsp3) is 0.750. The van der Waals surface area contributed by atoms with Crippen LogP contribution in [0.4, 0.5) is 0 Å². The van der Waals surface area contributed by atoms with Gasteiger partial charge in [0.2, 0.25) is 0 Å². The van der Waals surface area contributed by atoms with Crippen LogP contribution < -0.4 is 0 Å². The highest BCUT2D eigenvalue weighted by Crippen LogP contribution is 2.34. The number of hydrogen-bond acceptors (Lipinski definition) is 2. The van der Waals surface area contributed by atoms with E-state index in [2.05, 4.69) is 18.9 Å². The van der Waals surface area contributed by atoms with Crippen LogP contribution in [0, 0.1) is 5.92 Å². The van der Waals surface area contributed by atoms with E-state index in [1.165, 1.54) is 0 Å². The number of aliphatic hydroxyl groups is 1. The highest BCUT2D eigenvalue weighted by atomic mass is 35.5. The molecule has 0 aliphatic carbocycles. The average Bonchev–Trinajstić information content (AvgIpc) is 2.44. The monoisotopic (exact) mass is 244 g/mol. The molecule has 1 rings (SSSR count). The topological polar surface area (TPSA) is 38.1 Å².